The van der Waals surface area contributed by atoms with E-state index in [9.17, 15) is 14.9 Å². The number of benzene rings is 2. The van der Waals surface area contributed by atoms with Crippen molar-refractivity contribution < 1.29 is 14.8 Å². The van der Waals surface area contributed by atoms with E-state index >= 15 is 0 Å². The molecule has 1 aromatic heterocycles. The molecule has 8 nitrogen and oxygen atoms in total. The Morgan fingerprint density at radius 3 is 2.48 bits per heavy atom. The second-order valence-corrected chi connectivity index (χ2v) is 6.16. The molecule has 2 aromatic carbocycles. The quantitative estimate of drug-likeness (QED) is 0.433. The van der Waals surface area contributed by atoms with Gasteiger partial charge in [-0.05, 0) is 17.7 Å². The number of hydrogen-bond acceptors (Lipinski definition) is 4. The number of rotatable bonds is 6. The molecule has 1 atom stereocenters. The van der Waals surface area contributed by atoms with E-state index in [1.807, 2.05) is 30.3 Å². The number of imidazole rings is 1. The molecule has 3 rings (SSSR count). The fourth-order valence-corrected chi connectivity index (χ4v) is 2.93. The van der Waals surface area contributed by atoms with E-state index in [0.29, 0.717) is 23.5 Å². The van der Waals surface area contributed by atoms with Crippen molar-refractivity contribution in [2.24, 2.45) is 0 Å². The minimum atomic E-state index is -1.18. The van der Waals surface area contributed by atoms with Crippen LogP contribution in [0, 0.1) is 10.1 Å². The molecule has 138 valence electrons. The number of aromatic nitrogens is 2. The summed E-state index contributed by atoms with van der Waals surface area (Å²) >= 11 is 6.24. The van der Waals surface area contributed by atoms with Gasteiger partial charge in [-0.25, -0.2) is 9.78 Å². The predicted molar refractivity (Wildman–Crippen MR) is 99.7 cm³/mol. The lowest BCUT2D eigenvalue weighted by Crippen LogP contribution is -2.29. The van der Waals surface area contributed by atoms with Crippen LogP contribution < -0.4 is 5.32 Å². The summed E-state index contributed by atoms with van der Waals surface area (Å²) in [4.78, 5) is 28.8. The maximum absolute atomic E-state index is 11.2. The van der Waals surface area contributed by atoms with Crippen LogP contribution in [0.4, 0.5) is 10.5 Å². The zero-order valence-electron chi connectivity index (χ0n) is 13.9. The van der Waals surface area contributed by atoms with Crippen LogP contribution in [-0.4, -0.2) is 26.1 Å². The van der Waals surface area contributed by atoms with Crippen molar-refractivity contribution in [1.29, 1.82) is 0 Å². The Morgan fingerprint density at radius 2 is 1.89 bits per heavy atom. The Hall–Kier alpha value is -3.39. The molecular formula is C18H15ClN4O4. The van der Waals surface area contributed by atoms with Crippen molar-refractivity contribution in [3.63, 3.8) is 0 Å². The lowest BCUT2D eigenvalue weighted by molar-refractivity contribution is -0.384. The van der Waals surface area contributed by atoms with Gasteiger partial charge in [0.1, 0.15) is 16.7 Å². The Labute approximate surface area is 159 Å². The summed E-state index contributed by atoms with van der Waals surface area (Å²) in [5.41, 5.74) is 1.87. The number of carbonyl (C=O) groups is 1. The minimum absolute atomic E-state index is 0.0415. The van der Waals surface area contributed by atoms with E-state index in [2.05, 4.69) is 15.3 Å². The number of nitro benzene ring substituents is 1. The maximum Gasteiger partial charge on any atom is 0.405 e. The number of carboxylic acid groups (broad SMARTS) is 1. The van der Waals surface area contributed by atoms with Crippen LogP contribution in [0.15, 0.2) is 54.6 Å². The van der Waals surface area contributed by atoms with Gasteiger partial charge in [-0.2, -0.15) is 0 Å². The Morgan fingerprint density at radius 1 is 1.22 bits per heavy atom. The highest BCUT2D eigenvalue weighted by Gasteiger charge is 2.21. The monoisotopic (exact) mass is 386 g/mol. The fraction of sp³-hybridized carbons (Fsp3) is 0.111. The third-order valence-electron chi connectivity index (χ3n) is 3.94. The molecule has 0 radical (unpaired) electrons. The summed E-state index contributed by atoms with van der Waals surface area (Å²) < 4.78 is 0. The van der Waals surface area contributed by atoms with Crippen LogP contribution in [0.3, 0.4) is 0 Å². The Balaban J connectivity index is 1.91. The molecule has 0 aliphatic rings. The Kier molecular flexibility index (Phi) is 5.37. The molecular weight excluding hydrogens is 372 g/mol. The molecule has 0 saturated heterocycles. The number of H-pyrrole nitrogens is 1. The molecule has 1 amide bonds. The average molecular weight is 387 g/mol. The van der Waals surface area contributed by atoms with Gasteiger partial charge in [0.2, 0.25) is 0 Å². The standard InChI is InChI=1S/C18H15ClN4O4/c19-16-15(12-6-8-13(9-7-12)23(26)27)21-17(22-16)14(20-18(24)25)10-11-4-2-1-3-5-11/h1-9,14,20H,10H2,(H,21,22)(H,24,25). The first-order valence-corrected chi connectivity index (χ1v) is 8.35. The average Bonchev–Trinajstić information content (AvgIpc) is 3.03. The third kappa shape index (κ3) is 4.42. The van der Waals surface area contributed by atoms with E-state index in [4.69, 9.17) is 16.7 Å². The van der Waals surface area contributed by atoms with Gasteiger partial charge in [-0.15, -0.1) is 0 Å². The van der Waals surface area contributed by atoms with Gasteiger partial charge in [-0.1, -0.05) is 41.9 Å². The van der Waals surface area contributed by atoms with Gasteiger partial charge in [0, 0.05) is 24.1 Å². The van der Waals surface area contributed by atoms with Crippen molar-refractivity contribution in [3.05, 3.63) is 81.3 Å². The minimum Gasteiger partial charge on any atom is -0.465 e. The van der Waals surface area contributed by atoms with Gasteiger partial charge < -0.3 is 15.4 Å². The number of nitro groups is 1. The second kappa shape index (κ2) is 7.88. The molecule has 3 N–H and O–H groups in total. The zero-order valence-corrected chi connectivity index (χ0v) is 14.7. The van der Waals surface area contributed by atoms with Gasteiger partial charge in [0.25, 0.3) is 5.69 Å². The highest BCUT2D eigenvalue weighted by atomic mass is 35.5. The summed E-state index contributed by atoms with van der Waals surface area (Å²) in [6.45, 7) is 0. The van der Waals surface area contributed by atoms with E-state index in [0.717, 1.165) is 5.56 Å². The molecule has 27 heavy (non-hydrogen) atoms. The molecule has 0 spiro atoms. The van der Waals surface area contributed by atoms with Crippen LogP contribution in [-0.2, 0) is 6.42 Å². The second-order valence-electron chi connectivity index (χ2n) is 5.78. The summed E-state index contributed by atoms with van der Waals surface area (Å²) in [7, 11) is 0. The molecule has 0 bridgehead atoms. The number of aromatic amines is 1. The molecule has 0 aliphatic heterocycles. The van der Waals surface area contributed by atoms with Crippen LogP contribution in [0.1, 0.15) is 17.4 Å². The molecule has 1 unspecified atom stereocenters. The van der Waals surface area contributed by atoms with E-state index in [1.54, 1.807) is 12.1 Å². The summed E-state index contributed by atoms with van der Waals surface area (Å²) in [5, 5.41) is 22.6. The largest absolute Gasteiger partial charge is 0.465 e. The number of non-ortho nitro benzene ring substituents is 1. The lowest BCUT2D eigenvalue weighted by atomic mass is 10.1. The summed E-state index contributed by atoms with van der Waals surface area (Å²) in [6.07, 6.45) is -0.795. The number of nitrogens with zero attached hydrogens (tertiary/aromatic N) is 2. The van der Waals surface area contributed by atoms with E-state index in [-0.39, 0.29) is 10.8 Å². The normalized spacial score (nSPS) is 11.7. The first-order chi connectivity index (χ1) is 12.9. The van der Waals surface area contributed by atoms with Crippen molar-refractivity contribution in [3.8, 4) is 11.3 Å². The first-order valence-electron chi connectivity index (χ1n) is 7.97. The summed E-state index contributed by atoms with van der Waals surface area (Å²) in [6, 6.07) is 14.6. The molecule has 9 heteroatoms. The number of hydrogen-bond donors (Lipinski definition) is 3. The first kappa shape index (κ1) is 18.4. The topological polar surface area (TPSA) is 121 Å². The smallest absolute Gasteiger partial charge is 0.405 e. The highest BCUT2D eigenvalue weighted by Crippen LogP contribution is 2.29. The fourth-order valence-electron chi connectivity index (χ4n) is 2.68. The number of amides is 1. The van der Waals surface area contributed by atoms with Crippen molar-refractivity contribution in [2.45, 2.75) is 12.5 Å². The predicted octanol–water partition coefficient (Wildman–Crippen LogP) is 4.19. The van der Waals surface area contributed by atoms with Crippen LogP contribution in [0.2, 0.25) is 5.15 Å². The molecule has 3 aromatic rings. The van der Waals surface area contributed by atoms with Gasteiger partial charge in [-0.3, -0.25) is 10.1 Å². The van der Waals surface area contributed by atoms with Crippen LogP contribution >= 0.6 is 11.6 Å². The van der Waals surface area contributed by atoms with Crippen LogP contribution in [0.25, 0.3) is 11.3 Å². The van der Waals surface area contributed by atoms with E-state index < -0.39 is 17.1 Å². The van der Waals surface area contributed by atoms with Crippen molar-refractivity contribution in [1.82, 2.24) is 15.3 Å². The lowest BCUT2D eigenvalue weighted by Gasteiger charge is -2.14. The zero-order chi connectivity index (χ0) is 19.4. The third-order valence-corrected chi connectivity index (χ3v) is 4.21. The van der Waals surface area contributed by atoms with Crippen molar-refractivity contribution >= 4 is 23.4 Å². The van der Waals surface area contributed by atoms with Crippen molar-refractivity contribution in [2.75, 3.05) is 0 Å². The Bertz CT molecular complexity index is 957. The molecule has 1 heterocycles. The number of halogens is 1. The molecule has 0 fully saturated rings. The van der Waals surface area contributed by atoms with Gasteiger partial charge in [0.05, 0.1) is 11.0 Å². The summed E-state index contributed by atoms with van der Waals surface area (Å²) in [5.74, 6) is 0.361. The molecule has 0 aliphatic carbocycles. The SMILES string of the molecule is O=C(O)NC(Cc1ccccc1)c1nc(-c2ccc([N+](=O)[O-])cc2)c(Cl)[nH]1. The van der Waals surface area contributed by atoms with Gasteiger partial charge >= 0.3 is 6.09 Å². The highest BCUT2D eigenvalue weighted by molar-refractivity contribution is 6.31. The van der Waals surface area contributed by atoms with Gasteiger partial charge in [0.15, 0.2) is 0 Å². The van der Waals surface area contributed by atoms with E-state index in [1.165, 1.54) is 12.1 Å². The van der Waals surface area contributed by atoms with Crippen LogP contribution in [0.5, 0.6) is 0 Å². The number of nitrogens with one attached hydrogen (secondary N) is 2. The maximum atomic E-state index is 11.2. The molecule has 0 saturated carbocycles.